The van der Waals surface area contributed by atoms with E-state index >= 15 is 0 Å². The topological polar surface area (TPSA) is 50.4 Å². The summed E-state index contributed by atoms with van der Waals surface area (Å²) in [6.45, 7) is 9.55. The molecular formula is C13H24N2O2. The van der Waals surface area contributed by atoms with E-state index in [-0.39, 0.29) is 22.9 Å². The molecule has 4 heteroatoms. The number of carbonyl (C=O) groups excluding carboxylic acids is 1. The van der Waals surface area contributed by atoms with Crippen molar-refractivity contribution in [1.29, 1.82) is 0 Å². The third-order valence-corrected chi connectivity index (χ3v) is 3.86. The highest BCUT2D eigenvalue weighted by Crippen LogP contribution is 2.40. The Bertz CT molecular complexity index is 290. The highest BCUT2D eigenvalue weighted by atomic mass is 16.6. The summed E-state index contributed by atoms with van der Waals surface area (Å²) in [5, 5.41) is 6.72. The van der Waals surface area contributed by atoms with Gasteiger partial charge in [-0.1, -0.05) is 0 Å². The van der Waals surface area contributed by atoms with E-state index in [2.05, 4.69) is 10.6 Å². The van der Waals surface area contributed by atoms with Crippen molar-refractivity contribution in [2.45, 2.75) is 39.2 Å². The number of esters is 1. The molecule has 2 heterocycles. The summed E-state index contributed by atoms with van der Waals surface area (Å²) in [7, 11) is 0. The number of hydrogen-bond donors (Lipinski definition) is 2. The van der Waals surface area contributed by atoms with Crippen LogP contribution in [0.2, 0.25) is 0 Å². The minimum Gasteiger partial charge on any atom is -0.460 e. The third-order valence-electron chi connectivity index (χ3n) is 3.86. The van der Waals surface area contributed by atoms with Gasteiger partial charge in [0.15, 0.2) is 0 Å². The van der Waals surface area contributed by atoms with E-state index in [0.717, 1.165) is 39.0 Å². The molecule has 2 rings (SSSR count). The summed E-state index contributed by atoms with van der Waals surface area (Å²) in [6, 6.07) is 0. The third kappa shape index (κ3) is 2.80. The Morgan fingerprint density at radius 3 is 2.47 bits per heavy atom. The number of ether oxygens (including phenoxy) is 1. The van der Waals surface area contributed by atoms with Crippen LogP contribution in [0.3, 0.4) is 0 Å². The normalized spacial score (nSPS) is 33.9. The Kier molecular flexibility index (Phi) is 3.46. The molecule has 4 nitrogen and oxygen atoms in total. The Morgan fingerprint density at radius 2 is 1.88 bits per heavy atom. The summed E-state index contributed by atoms with van der Waals surface area (Å²) in [4.78, 5) is 12.3. The zero-order valence-electron chi connectivity index (χ0n) is 11.1. The van der Waals surface area contributed by atoms with Gasteiger partial charge in [0.1, 0.15) is 5.60 Å². The lowest BCUT2D eigenvalue weighted by molar-refractivity contribution is -0.165. The highest BCUT2D eigenvalue weighted by molar-refractivity contribution is 5.74. The average molecular weight is 240 g/mol. The molecule has 1 spiro atoms. The standard InChI is InChI=1S/C13H24N2O2/c1-12(2,3)17-11(16)10-8-14-6-4-13(10)5-7-15-9-13/h10,14-15H,4-9H2,1-3H3. The van der Waals surface area contributed by atoms with Crippen LogP contribution >= 0.6 is 0 Å². The average Bonchev–Trinajstić information content (AvgIpc) is 2.65. The van der Waals surface area contributed by atoms with E-state index in [1.165, 1.54) is 0 Å². The van der Waals surface area contributed by atoms with Crippen LogP contribution < -0.4 is 10.6 Å². The van der Waals surface area contributed by atoms with Crippen LogP contribution in [0, 0.1) is 11.3 Å². The Labute approximate surface area is 103 Å². The summed E-state index contributed by atoms with van der Waals surface area (Å²) in [5.41, 5.74) is -0.255. The molecule has 2 aliphatic heterocycles. The molecule has 2 saturated heterocycles. The molecule has 2 N–H and O–H groups in total. The smallest absolute Gasteiger partial charge is 0.311 e. The molecule has 2 atom stereocenters. The van der Waals surface area contributed by atoms with Crippen molar-refractivity contribution in [3.8, 4) is 0 Å². The van der Waals surface area contributed by atoms with Crippen LogP contribution in [0.15, 0.2) is 0 Å². The van der Waals surface area contributed by atoms with Crippen LogP contribution in [0.4, 0.5) is 0 Å². The minimum absolute atomic E-state index is 0.00507. The van der Waals surface area contributed by atoms with Crippen molar-refractivity contribution >= 4 is 5.97 Å². The lowest BCUT2D eigenvalue weighted by Gasteiger charge is -2.40. The lowest BCUT2D eigenvalue weighted by Crippen LogP contribution is -2.51. The number of carbonyl (C=O) groups is 1. The van der Waals surface area contributed by atoms with Gasteiger partial charge < -0.3 is 15.4 Å². The predicted octanol–water partition coefficient (Wildman–Crippen LogP) is 0.917. The molecule has 0 aliphatic carbocycles. The Balaban J connectivity index is 2.08. The van der Waals surface area contributed by atoms with Crippen LogP contribution in [-0.2, 0) is 9.53 Å². The monoisotopic (exact) mass is 240 g/mol. The van der Waals surface area contributed by atoms with E-state index in [0.29, 0.717) is 0 Å². The van der Waals surface area contributed by atoms with Crippen molar-refractivity contribution in [2.24, 2.45) is 11.3 Å². The van der Waals surface area contributed by atoms with Crippen molar-refractivity contribution < 1.29 is 9.53 Å². The highest BCUT2D eigenvalue weighted by Gasteiger charge is 2.47. The zero-order valence-corrected chi connectivity index (χ0v) is 11.1. The van der Waals surface area contributed by atoms with Gasteiger partial charge in [0, 0.05) is 13.1 Å². The van der Waals surface area contributed by atoms with E-state index in [9.17, 15) is 4.79 Å². The molecule has 17 heavy (non-hydrogen) atoms. The van der Waals surface area contributed by atoms with Gasteiger partial charge in [-0.05, 0) is 52.1 Å². The Hall–Kier alpha value is -0.610. The number of piperidine rings is 1. The molecule has 0 saturated carbocycles. The zero-order chi connectivity index (χ0) is 12.5. The lowest BCUT2D eigenvalue weighted by atomic mass is 9.70. The maximum Gasteiger partial charge on any atom is 0.311 e. The van der Waals surface area contributed by atoms with Gasteiger partial charge >= 0.3 is 5.97 Å². The summed E-state index contributed by atoms with van der Waals surface area (Å²) < 4.78 is 5.56. The number of nitrogens with one attached hydrogen (secondary N) is 2. The second-order valence-electron chi connectivity index (χ2n) is 6.33. The largest absolute Gasteiger partial charge is 0.460 e. The van der Waals surface area contributed by atoms with Gasteiger partial charge in [0.25, 0.3) is 0 Å². The molecule has 0 amide bonds. The molecule has 0 aromatic carbocycles. The van der Waals surface area contributed by atoms with Crippen molar-refractivity contribution in [2.75, 3.05) is 26.2 Å². The maximum absolute atomic E-state index is 12.3. The van der Waals surface area contributed by atoms with Crippen LogP contribution in [0.1, 0.15) is 33.6 Å². The van der Waals surface area contributed by atoms with Crippen LogP contribution in [0.25, 0.3) is 0 Å². The molecule has 0 bridgehead atoms. The summed E-state index contributed by atoms with van der Waals surface area (Å²) in [6.07, 6.45) is 2.17. The quantitative estimate of drug-likeness (QED) is 0.669. The summed E-state index contributed by atoms with van der Waals surface area (Å²) >= 11 is 0. The molecule has 0 radical (unpaired) electrons. The first-order chi connectivity index (χ1) is 7.93. The van der Waals surface area contributed by atoms with Crippen molar-refractivity contribution in [1.82, 2.24) is 10.6 Å². The van der Waals surface area contributed by atoms with E-state index in [1.807, 2.05) is 20.8 Å². The van der Waals surface area contributed by atoms with Gasteiger partial charge in [-0.3, -0.25) is 4.79 Å². The van der Waals surface area contributed by atoms with Gasteiger partial charge in [0.2, 0.25) is 0 Å². The number of hydrogen-bond acceptors (Lipinski definition) is 4. The SMILES string of the molecule is CC(C)(C)OC(=O)C1CNCCC12CCNC2. The fraction of sp³-hybridized carbons (Fsp3) is 0.923. The Morgan fingerprint density at radius 1 is 1.24 bits per heavy atom. The van der Waals surface area contributed by atoms with Crippen molar-refractivity contribution in [3.63, 3.8) is 0 Å². The van der Waals surface area contributed by atoms with Crippen LogP contribution in [0.5, 0.6) is 0 Å². The first-order valence-corrected chi connectivity index (χ1v) is 6.57. The molecule has 2 fully saturated rings. The summed E-state index contributed by atoms with van der Waals surface area (Å²) in [5.74, 6) is -0.0288. The minimum atomic E-state index is -0.387. The van der Waals surface area contributed by atoms with Gasteiger partial charge in [0.05, 0.1) is 5.92 Å². The molecule has 2 aliphatic rings. The maximum atomic E-state index is 12.3. The molecule has 2 unspecified atom stereocenters. The van der Waals surface area contributed by atoms with E-state index in [1.54, 1.807) is 0 Å². The second kappa shape index (κ2) is 4.58. The van der Waals surface area contributed by atoms with Crippen molar-refractivity contribution in [3.05, 3.63) is 0 Å². The van der Waals surface area contributed by atoms with Gasteiger partial charge in [-0.25, -0.2) is 0 Å². The predicted molar refractivity (Wildman–Crippen MR) is 66.7 cm³/mol. The molecule has 0 aromatic heterocycles. The van der Waals surface area contributed by atoms with Gasteiger partial charge in [-0.15, -0.1) is 0 Å². The second-order valence-corrected chi connectivity index (χ2v) is 6.33. The number of rotatable bonds is 1. The fourth-order valence-electron chi connectivity index (χ4n) is 2.95. The first kappa shape index (κ1) is 12.8. The van der Waals surface area contributed by atoms with Crippen LogP contribution in [-0.4, -0.2) is 37.7 Å². The van der Waals surface area contributed by atoms with Gasteiger partial charge in [-0.2, -0.15) is 0 Å². The fourth-order valence-corrected chi connectivity index (χ4v) is 2.95. The molecule has 98 valence electrons. The van der Waals surface area contributed by atoms with E-state index in [4.69, 9.17) is 4.74 Å². The molecular weight excluding hydrogens is 216 g/mol. The van der Waals surface area contributed by atoms with E-state index < -0.39 is 0 Å². The molecule has 0 aromatic rings. The first-order valence-electron chi connectivity index (χ1n) is 6.57.